The predicted molar refractivity (Wildman–Crippen MR) is 130 cm³/mol. The smallest absolute Gasteiger partial charge is 0.333 e. The first-order chi connectivity index (χ1) is 17.0. The Morgan fingerprint density at radius 2 is 1.86 bits per heavy atom. The van der Waals surface area contributed by atoms with E-state index in [9.17, 15) is 23.6 Å². The minimum Gasteiger partial charge on any atom is -0.481 e. The van der Waals surface area contributed by atoms with Crippen LogP contribution in [0.25, 0.3) is 11.6 Å². The molecule has 0 saturated carbocycles. The fourth-order valence-electron chi connectivity index (χ4n) is 3.49. The Balaban J connectivity index is 0.000000434. The summed E-state index contributed by atoms with van der Waals surface area (Å²) in [6.45, 7) is 7.72. The van der Waals surface area contributed by atoms with Gasteiger partial charge in [0.1, 0.15) is 5.82 Å². The van der Waals surface area contributed by atoms with Crippen molar-refractivity contribution in [3.8, 4) is 0 Å². The first-order valence-electron chi connectivity index (χ1n) is 11.1. The molecule has 0 spiro atoms. The molecular formula is C24H29FN4O7. The molecule has 1 atom stereocenters. The van der Waals surface area contributed by atoms with E-state index in [1.54, 1.807) is 12.1 Å². The highest BCUT2D eigenvalue weighted by Gasteiger charge is 2.26. The lowest BCUT2D eigenvalue weighted by Crippen LogP contribution is -2.32. The molecule has 36 heavy (non-hydrogen) atoms. The van der Waals surface area contributed by atoms with Crippen LogP contribution in [0.2, 0.25) is 0 Å². The molecule has 3 rings (SSSR count). The van der Waals surface area contributed by atoms with Crippen LogP contribution in [0, 0.1) is 19.7 Å². The van der Waals surface area contributed by atoms with Crippen LogP contribution in [0.4, 0.5) is 10.1 Å². The predicted octanol–water partition coefficient (Wildman–Crippen LogP) is 1.51. The van der Waals surface area contributed by atoms with Crippen molar-refractivity contribution >= 4 is 41.1 Å². The lowest BCUT2D eigenvalue weighted by Gasteiger charge is -2.06. The van der Waals surface area contributed by atoms with Gasteiger partial charge in [0.25, 0.3) is 11.8 Å². The number of halogens is 1. The van der Waals surface area contributed by atoms with E-state index in [0.717, 1.165) is 17.8 Å². The number of amides is 2. The summed E-state index contributed by atoms with van der Waals surface area (Å²) in [5.74, 6) is -3.70. The molecule has 0 radical (unpaired) electrons. The summed E-state index contributed by atoms with van der Waals surface area (Å²) in [7, 11) is 0. The second-order valence-corrected chi connectivity index (χ2v) is 7.93. The lowest BCUT2D eigenvalue weighted by molar-refractivity contribution is -0.152. The molecular weight excluding hydrogens is 475 g/mol. The van der Waals surface area contributed by atoms with Gasteiger partial charge in [-0.1, -0.05) is 6.92 Å². The molecule has 0 saturated heterocycles. The Morgan fingerprint density at radius 3 is 2.44 bits per heavy atom. The number of anilines is 1. The molecule has 2 aromatic rings. The maximum absolute atomic E-state index is 13.6. The number of aliphatic carboxylic acids is 2. The van der Waals surface area contributed by atoms with E-state index in [4.69, 9.17) is 15.3 Å². The number of likely N-dealkylation sites (N-methyl/N-ethyl adjacent to an activating group) is 1. The second-order valence-electron chi connectivity index (χ2n) is 7.93. The van der Waals surface area contributed by atoms with Crippen molar-refractivity contribution in [1.29, 1.82) is 0 Å². The van der Waals surface area contributed by atoms with Gasteiger partial charge >= 0.3 is 11.9 Å². The number of aromatic amines is 1. The number of hydrogen-bond donors (Lipinski definition) is 7. The number of nitrogens with one attached hydrogen (secondary N) is 4. The summed E-state index contributed by atoms with van der Waals surface area (Å²) in [5.41, 5.74) is 4.16. The second kappa shape index (κ2) is 12.6. The highest BCUT2D eigenvalue weighted by molar-refractivity contribution is 6.34. The summed E-state index contributed by atoms with van der Waals surface area (Å²) in [6.07, 6.45) is -0.879. The van der Waals surface area contributed by atoms with E-state index in [1.807, 2.05) is 20.8 Å². The molecule has 1 aromatic heterocycles. The molecule has 0 fully saturated rings. The maximum atomic E-state index is 13.6. The number of fused-ring (bicyclic) bond motifs is 1. The highest BCUT2D eigenvalue weighted by Crippen LogP contribution is 2.34. The van der Waals surface area contributed by atoms with Crippen molar-refractivity contribution in [2.45, 2.75) is 33.3 Å². The van der Waals surface area contributed by atoms with Crippen LogP contribution >= 0.6 is 0 Å². The van der Waals surface area contributed by atoms with Crippen LogP contribution in [0.1, 0.15) is 46.2 Å². The van der Waals surface area contributed by atoms with Crippen molar-refractivity contribution in [1.82, 2.24) is 15.6 Å². The summed E-state index contributed by atoms with van der Waals surface area (Å²) >= 11 is 0. The van der Waals surface area contributed by atoms with E-state index >= 15 is 0 Å². The summed E-state index contributed by atoms with van der Waals surface area (Å²) in [4.78, 5) is 47.4. The lowest BCUT2D eigenvalue weighted by atomic mass is 10.0. The average Bonchev–Trinajstić information content (AvgIpc) is 3.26. The van der Waals surface area contributed by atoms with Crippen molar-refractivity contribution in [2.24, 2.45) is 0 Å². The Labute approximate surface area is 206 Å². The zero-order valence-electron chi connectivity index (χ0n) is 20.1. The third-order valence-electron chi connectivity index (χ3n) is 5.25. The van der Waals surface area contributed by atoms with Crippen molar-refractivity contribution < 1.29 is 38.9 Å². The minimum atomic E-state index is -1.79. The topological polar surface area (TPSA) is 181 Å². The normalized spacial score (nSPS) is 13.9. The van der Waals surface area contributed by atoms with Crippen LogP contribution in [0.5, 0.6) is 0 Å². The number of carbonyl (C=O) groups is 4. The molecule has 1 unspecified atom stereocenters. The first-order valence-corrected chi connectivity index (χ1v) is 11.1. The number of carboxylic acid groups (broad SMARTS) is 2. The minimum absolute atomic E-state index is 0.161. The average molecular weight is 505 g/mol. The number of aliphatic hydroxyl groups is 1. The van der Waals surface area contributed by atoms with Crippen LogP contribution in [-0.4, -0.2) is 69.8 Å². The number of carboxylic acids is 2. The molecule has 2 amide bonds. The van der Waals surface area contributed by atoms with E-state index < -0.39 is 30.3 Å². The zero-order valence-corrected chi connectivity index (χ0v) is 20.1. The number of aliphatic hydroxyl groups excluding tert-OH is 1. The Hall–Kier alpha value is -4.03. The van der Waals surface area contributed by atoms with Gasteiger partial charge in [0.05, 0.1) is 17.6 Å². The van der Waals surface area contributed by atoms with Crippen molar-refractivity contribution in [2.75, 3.05) is 25.0 Å². The number of hydrogen-bond acceptors (Lipinski definition) is 6. The molecule has 7 N–H and O–H groups in total. The fraction of sp³-hybridized carbons (Fsp3) is 0.333. The van der Waals surface area contributed by atoms with Gasteiger partial charge in [0.15, 0.2) is 6.10 Å². The molecule has 194 valence electrons. The first kappa shape index (κ1) is 28.2. The van der Waals surface area contributed by atoms with E-state index in [2.05, 4.69) is 20.9 Å². The standard InChI is InChI=1S/C20H23FN4O2.C4H6O5/c1-4-22-7-8-23-20(27)18-11(2)17(24-12(18)3)10-15-14-9-13(21)5-6-16(14)25-19(15)26;5-2(4(8)9)1-3(6)7/h5-6,9-10,22,24H,4,7-8H2,1-3H3,(H,23,27)(H,25,26);2,5H,1H2,(H,6,7)(H,8,9). The maximum Gasteiger partial charge on any atom is 0.333 e. The number of rotatable bonds is 9. The van der Waals surface area contributed by atoms with Crippen molar-refractivity contribution in [3.05, 3.63) is 52.1 Å². The number of H-pyrrole nitrogens is 1. The molecule has 1 aromatic carbocycles. The summed E-state index contributed by atoms with van der Waals surface area (Å²) < 4.78 is 13.6. The van der Waals surface area contributed by atoms with Gasteiger partial charge in [0, 0.05) is 35.7 Å². The quantitative estimate of drug-likeness (QED) is 0.198. The molecule has 2 heterocycles. The summed E-state index contributed by atoms with van der Waals surface area (Å²) in [6, 6.07) is 4.18. The molecule has 1 aliphatic heterocycles. The number of carbonyl (C=O) groups excluding carboxylic acids is 2. The van der Waals surface area contributed by atoms with Gasteiger partial charge in [-0.25, -0.2) is 9.18 Å². The Bertz CT molecular complexity index is 1190. The van der Waals surface area contributed by atoms with Gasteiger partial charge < -0.3 is 36.3 Å². The Morgan fingerprint density at radius 1 is 1.17 bits per heavy atom. The van der Waals surface area contributed by atoms with E-state index in [-0.39, 0.29) is 11.8 Å². The van der Waals surface area contributed by atoms with Gasteiger partial charge in [-0.3, -0.25) is 14.4 Å². The van der Waals surface area contributed by atoms with E-state index in [1.165, 1.54) is 12.1 Å². The number of benzene rings is 1. The number of aromatic nitrogens is 1. The van der Waals surface area contributed by atoms with Gasteiger partial charge in [-0.05, 0) is 50.2 Å². The molecule has 11 nitrogen and oxygen atoms in total. The third kappa shape index (κ3) is 7.23. The van der Waals surface area contributed by atoms with Gasteiger partial charge in [-0.2, -0.15) is 0 Å². The van der Waals surface area contributed by atoms with Crippen LogP contribution < -0.4 is 16.0 Å². The third-order valence-corrected chi connectivity index (χ3v) is 5.25. The molecule has 1 aliphatic rings. The monoisotopic (exact) mass is 504 g/mol. The fourth-order valence-corrected chi connectivity index (χ4v) is 3.49. The Kier molecular flexibility index (Phi) is 9.88. The van der Waals surface area contributed by atoms with E-state index in [0.29, 0.717) is 41.2 Å². The molecule has 0 aliphatic carbocycles. The van der Waals surface area contributed by atoms with Gasteiger partial charge in [0.2, 0.25) is 0 Å². The molecule has 12 heteroatoms. The summed E-state index contributed by atoms with van der Waals surface area (Å²) in [5, 5.41) is 32.9. The van der Waals surface area contributed by atoms with Crippen molar-refractivity contribution in [3.63, 3.8) is 0 Å². The van der Waals surface area contributed by atoms with Crippen LogP contribution in [0.15, 0.2) is 18.2 Å². The highest BCUT2D eigenvalue weighted by atomic mass is 19.1. The zero-order chi connectivity index (χ0) is 27.0. The van der Waals surface area contributed by atoms with Gasteiger partial charge in [-0.15, -0.1) is 0 Å². The molecule has 0 bridgehead atoms. The largest absolute Gasteiger partial charge is 0.481 e. The number of aryl methyl sites for hydroxylation is 1. The van der Waals surface area contributed by atoms with Crippen LogP contribution in [-0.2, 0) is 14.4 Å². The SMILES string of the molecule is CCNCCNC(=O)c1c(C)[nH]c(C=C2C(=O)Nc3ccc(F)cc32)c1C.O=C(O)CC(O)C(=O)O. The van der Waals surface area contributed by atoms with Crippen LogP contribution in [0.3, 0.4) is 0 Å².